The molecule has 1 heterocycles. The second kappa shape index (κ2) is 6.24. The minimum Gasteiger partial charge on any atom is -0.456 e. The molecule has 0 saturated carbocycles. The first-order valence-corrected chi connectivity index (χ1v) is 8.41. The van der Waals surface area contributed by atoms with Gasteiger partial charge in [-0.25, -0.2) is 8.42 Å². The van der Waals surface area contributed by atoms with Crippen LogP contribution in [0.2, 0.25) is 0 Å². The molecule has 6 heteroatoms. The average molecular weight is 307 g/mol. The molecule has 0 amide bonds. The van der Waals surface area contributed by atoms with E-state index in [-0.39, 0.29) is 4.90 Å². The van der Waals surface area contributed by atoms with E-state index < -0.39 is 15.9 Å². The molecule has 0 bridgehead atoms. The van der Waals surface area contributed by atoms with Gasteiger partial charge in [0.2, 0.25) is 0 Å². The van der Waals surface area contributed by atoms with Crippen LogP contribution in [0.25, 0.3) is 0 Å². The predicted octanol–water partition coefficient (Wildman–Crippen LogP) is 2.72. The maximum Gasteiger partial charge on any atom is 0.175 e. The fourth-order valence-corrected chi connectivity index (χ4v) is 2.38. The third-order valence-electron chi connectivity index (χ3n) is 2.97. The van der Waals surface area contributed by atoms with Gasteiger partial charge in [-0.05, 0) is 42.8 Å². The summed E-state index contributed by atoms with van der Waals surface area (Å²) in [5, 5.41) is 9.66. The minimum absolute atomic E-state index is 0.245. The molecule has 0 aliphatic rings. The Balaban J connectivity index is 2.11. The fourth-order valence-electron chi connectivity index (χ4n) is 1.75. The number of aromatic nitrogens is 1. The number of sulfone groups is 1. The standard InChI is InChI=1S/C15H17NO4S/c1-3-15(17)14-9-6-12(10-16-14)20-11-4-7-13(8-5-11)21(2,18)19/h4-10,15,17H,3H2,1-2H3/t15-/m0/s1. The number of hydrogen-bond acceptors (Lipinski definition) is 5. The van der Waals surface area contributed by atoms with Crippen molar-refractivity contribution in [3.8, 4) is 11.5 Å². The summed E-state index contributed by atoms with van der Waals surface area (Å²) < 4.78 is 28.3. The number of ether oxygens (including phenoxy) is 1. The fraction of sp³-hybridized carbons (Fsp3) is 0.267. The highest BCUT2D eigenvalue weighted by Crippen LogP contribution is 2.23. The molecule has 1 aromatic heterocycles. The molecule has 0 radical (unpaired) electrons. The van der Waals surface area contributed by atoms with Gasteiger partial charge in [0.15, 0.2) is 9.84 Å². The second-order valence-corrected chi connectivity index (χ2v) is 6.70. The Labute approximate surface area is 124 Å². The molecule has 0 aliphatic carbocycles. The lowest BCUT2D eigenvalue weighted by atomic mass is 10.2. The summed E-state index contributed by atoms with van der Waals surface area (Å²) in [6.45, 7) is 1.88. The molecule has 1 atom stereocenters. The highest BCUT2D eigenvalue weighted by atomic mass is 32.2. The van der Waals surface area contributed by atoms with Gasteiger partial charge in [-0.3, -0.25) is 4.98 Å². The van der Waals surface area contributed by atoms with Crippen molar-refractivity contribution >= 4 is 9.84 Å². The molecule has 1 aromatic carbocycles. The lowest BCUT2D eigenvalue weighted by Crippen LogP contribution is -1.98. The number of aliphatic hydroxyl groups is 1. The zero-order valence-corrected chi connectivity index (χ0v) is 12.7. The molecule has 2 rings (SSSR count). The Hall–Kier alpha value is -1.92. The van der Waals surface area contributed by atoms with Crippen molar-refractivity contribution in [1.82, 2.24) is 4.98 Å². The van der Waals surface area contributed by atoms with E-state index in [1.165, 1.54) is 18.3 Å². The van der Waals surface area contributed by atoms with Crippen LogP contribution in [0.1, 0.15) is 25.1 Å². The number of aliphatic hydroxyl groups excluding tert-OH is 1. The maximum absolute atomic E-state index is 11.4. The Morgan fingerprint density at radius 2 is 1.76 bits per heavy atom. The maximum atomic E-state index is 11.4. The SMILES string of the molecule is CC[C@H](O)c1ccc(Oc2ccc(S(C)(=O)=O)cc2)cn1. The van der Waals surface area contributed by atoms with Gasteiger partial charge in [0, 0.05) is 6.26 Å². The Kier molecular flexibility index (Phi) is 4.59. The Morgan fingerprint density at radius 1 is 1.14 bits per heavy atom. The van der Waals surface area contributed by atoms with E-state index in [1.807, 2.05) is 6.92 Å². The molecule has 0 fully saturated rings. The van der Waals surface area contributed by atoms with Crippen molar-refractivity contribution in [3.05, 3.63) is 48.3 Å². The second-order valence-electron chi connectivity index (χ2n) is 4.69. The molecular formula is C15H17NO4S. The number of hydrogen-bond donors (Lipinski definition) is 1. The summed E-state index contributed by atoms with van der Waals surface area (Å²) in [4.78, 5) is 4.38. The summed E-state index contributed by atoms with van der Waals surface area (Å²) in [5.74, 6) is 1.04. The van der Waals surface area contributed by atoms with Crippen LogP contribution in [0.4, 0.5) is 0 Å². The average Bonchev–Trinajstić information content (AvgIpc) is 2.47. The van der Waals surface area contributed by atoms with Crippen LogP contribution in [0.15, 0.2) is 47.5 Å². The molecule has 0 saturated heterocycles. The van der Waals surface area contributed by atoms with Gasteiger partial charge >= 0.3 is 0 Å². The molecular weight excluding hydrogens is 290 g/mol. The smallest absolute Gasteiger partial charge is 0.175 e. The van der Waals surface area contributed by atoms with Crippen molar-refractivity contribution in [2.45, 2.75) is 24.3 Å². The van der Waals surface area contributed by atoms with E-state index >= 15 is 0 Å². The molecule has 112 valence electrons. The number of nitrogens with zero attached hydrogens (tertiary/aromatic N) is 1. The lowest BCUT2D eigenvalue weighted by molar-refractivity contribution is 0.169. The van der Waals surface area contributed by atoms with Gasteiger partial charge < -0.3 is 9.84 Å². The van der Waals surface area contributed by atoms with Crippen LogP contribution in [-0.4, -0.2) is 24.8 Å². The molecule has 0 aliphatic heterocycles. The first kappa shape index (κ1) is 15.5. The highest BCUT2D eigenvalue weighted by Gasteiger charge is 2.08. The monoisotopic (exact) mass is 307 g/mol. The molecule has 5 nitrogen and oxygen atoms in total. The molecule has 1 N–H and O–H groups in total. The topological polar surface area (TPSA) is 76.5 Å². The van der Waals surface area contributed by atoms with Gasteiger partial charge in [-0.2, -0.15) is 0 Å². The lowest BCUT2D eigenvalue weighted by Gasteiger charge is -2.09. The number of benzene rings is 1. The van der Waals surface area contributed by atoms with Crippen molar-refractivity contribution < 1.29 is 18.3 Å². The molecule has 21 heavy (non-hydrogen) atoms. The number of pyridine rings is 1. The Morgan fingerprint density at radius 3 is 2.24 bits per heavy atom. The van der Waals surface area contributed by atoms with Crippen molar-refractivity contribution in [2.75, 3.05) is 6.26 Å². The summed E-state index contributed by atoms with van der Waals surface area (Å²) >= 11 is 0. The third-order valence-corrected chi connectivity index (χ3v) is 4.10. The van der Waals surface area contributed by atoms with Crippen molar-refractivity contribution in [3.63, 3.8) is 0 Å². The van der Waals surface area contributed by atoms with E-state index in [4.69, 9.17) is 4.74 Å². The summed E-state index contributed by atoms with van der Waals surface area (Å²) in [6.07, 6.45) is 2.71. The summed E-state index contributed by atoms with van der Waals surface area (Å²) in [5.41, 5.74) is 0.595. The molecule has 2 aromatic rings. The first-order chi connectivity index (χ1) is 9.90. The van der Waals surface area contributed by atoms with Crippen molar-refractivity contribution in [2.24, 2.45) is 0 Å². The Bertz CT molecular complexity index is 693. The van der Waals surface area contributed by atoms with E-state index in [0.29, 0.717) is 23.6 Å². The quantitative estimate of drug-likeness (QED) is 0.919. The van der Waals surface area contributed by atoms with Crippen molar-refractivity contribution in [1.29, 1.82) is 0 Å². The summed E-state index contributed by atoms with van der Waals surface area (Å²) in [7, 11) is -3.21. The summed E-state index contributed by atoms with van der Waals surface area (Å²) in [6, 6.07) is 9.58. The zero-order chi connectivity index (χ0) is 15.5. The van der Waals surface area contributed by atoms with Crippen LogP contribution >= 0.6 is 0 Å². The minimum atomic E-state index is -3.21. The van der Waals surface area contributed by atoms with Crippen LogP contribution in [0.5, 0.6) is 11.5 Å². The van der Waals surface area contributed by atoms with Crippen LogP contribution < -0.4 is 4.74 Å². The van der Waals surface area contributed by atoms with Gasteiger partial charge in [-0.1, -0.05) is 6.92 Å². The largest absolute Gasteiger partial charge is 0.456 e. The van der Waals surface area contributed by atoms with Gasteiger partial charge in [0.25, 0.3) is 0 Å². The normalized spacial score (nSPS) is 12.9. The van der Waals surface area contributed by atoms with Gasteiger partial charge in [0.1, 0.15) is 11.5 Å². The van der Waals surface area contributed by atoms with E-state index in [1.54, 1.807) is 24.3 Å². The predicted molar refractivity (Wildman–Crippen MR) is 79.1 cm³/mol. The van der Waals surface area contributed by atoms with Crippen LogP contribution in [-0.2, 0) is 9.84 Å². The highest BCUT2D eigenvalue weighted by molar-refractivity contribution is 7.90. The van der Waals surface area contributed by atoms with E-state index in [0.717, 1.165) is 6.26 Å². The molecule has 0 unspecified atom stereocenters. The first-order valence-electron chi connectivity index (χ1n) is 6.52. The van der Waals surface area contributed by atoms with Gasteiger partial charge in [0.05, 0.1) is 22.9 Å². The van der Waals surface area contributed by atoms with Crippen LogP contribution in [0, 0.1) is 0 Å². The third kappa shape index (κ3) is 4.03. The molecule has 0 spiro atoms. The van der Waals surface area contributed by atoms with E-state index in [9.17, 15) is 13.5 Å². The number of rotatable bonds is 5. The zero-order valence-electron chi connectivity index (χ0n) is 11.9. The van der Waals surface area contributed by atoms with E-state index in [2.05, 4.69) is 4.98 Å². The van der Waals surface area contributed by atoms with Gasteiger partial charge in [-0.15, -0.1) is 0 Å². The van der Waals surface area contributed by atoms with Crippen LogP contribution in [0.3, 0.4) is 0 Å².